The molecule has 1 aromatic rings. The summed E-state index contributed by atoms with van der Waals surface area (Å²) in [5.74, 6) is 1.15. The largest absolute Gasteiger partial charge is 0.342 e. The Hall–Kier alpha value is -1.31. The molecule has 0 aliphatic heterocycles. The van der Waals surface area contributed by atoms with Gasteiger partial charge >= 0.3 is 0 Å². The average molecular weight is 259 g/mol. The molecule has 0 atom stereocenters. The SMILES string of the molecule is CCCN(CC1CC1)C(=O)CCCc1ccccc1. The Morgan fingerprint density at radius 2 is 2.00 bits per heavy atom. The Labute approximate surface area is 116 Å². The molecule has 1 fully saturated rings. The molecular weight excluding hydrogens is 234 g/mol. The predicted octanol–water partition coefficient (Wildman–Crippen LogP) is 3.66. The second-order valence-electron chi connectivity index (χ2n) is 5.62. The van der Waals surface area contributed by atoms with Crippen molar-refractivity contribution in [3.8, 4) is 0 Å². The van der Waals surface area contributed by atoms with E-state index in [1.54, 1.807) is 0 Å². The highest BCUT2D eigenvalue weighted by atomic mass is 16.2. The maximum Gasteiger partial charge on any atom is 0.222 e. The molecule has 104 valence electrons. The molecule has 0 unspecified atom stereocenters. The molecule has 0 N–H and O–H groups in total. The van der Waals surface area contributed by atoms with Gasteiger partial charge in [-0.05, 0) is 43.6 Å². The zero-order chi connectivity index (χ0) is 13.5. The minimum absolute atomic E-state index is 0.352. The van der Waals surface area contributed by atoms with E-state index < -0.39 is 0 Å². The zero-order valence-electron chi connectivity index (χ0n) is 12.0. The minimum atomic E-state index is 0.352. The van der Waals surface area contributed by atoms with Crippen molar-refractivity contribution in [3.63, 3.8) is 0 Å². The van der Waals surface area contributed by atoms with Crippen LogP contribution in [0.25, 0.3) is 0 Å². The fourth-order valence-electron chi connectivity index (χ4n) is 2.45. The lowest BCUT2D eigenvalue weighted by molar-refractivity contribution is -0.131. The third-order valence-electron chi connectivity index (χ3n) is 3.72. The molecule has 2 heteroatoms. The van der Waals surface area contributed by atoms with E-state index in [1.165, 1.54) is 18.4 Å². The number of rotatable bonds is 8. The van der Waals surface area contributed by atoms with Crippen LogP contribution in [0.3, 0.4) is 0 Å². The van der Waals surface area contributed by atoms with Crippen LogP contribution in [0.2, 0.25) is 0 Å². The summed E-state index contributed by atoms with van der Waals surface area (Å²) < 4.78 is 0. The number of carbonyl (C=O) groups excluding carboxylic acids is 1. The number of hydrogen-bond donors (Lipinski definition) is 0. The first kappa shape index (κ1) is 14.1. The van der Waals surface area contributed by atoms with E-state index in [4.69, 9.17) is 0 Å². The van der Waals surface area contributed by atoms with E-state index in [2.05, 4.69) is 36.1 Å². The van der Waals surface area contributed by atoms with Gasteiger partial charge in [0.25, 0.3) is 0 Å². The van der Waals surface area contributed by atoms with Crippen molar-refractivity contribution in [1.29, 1.82) is 0 Å². The fraction of sp³-hybridized carbons (Fsp3) is 0.588. The Morgan fingerprint density at radius 3 is 2.63 bits per heavy atom. The molecule has 0 radical (unpaired) electrons. The van der Waals surface area contributed by atoms with E-state index in [9.17, 15) is 4.79 Å². The van der Waals surface area contributed by atoms with Gasteiger partial charge in [0.2, 0.25) is 5.91 Å². The summed E-state index contributed by atoms with van der Waals surface area (Å²) in [6, 6.07) is 10.4. The summed E-state index contributed by atoms with van der Waals surface area (Å²) in [6.45, 7) is 4.08. The summed E-state index contributed by atoms with van der Waals surface area (Å²) in [6.07, 6.45) is 6.37. The molecule has 19 heavy (non-hydrogen) atoms. The second kappa shape index (κ2) is 7.32. The van der Waals surface area contributed by atoms with E-state index in [0.29, 0.717) is 12.3 Å². The van der Waals surface area contributed by atoms with Crippen LogP contribution in [0.15, 0.2) is 30.3 Å². The van der Waals surface area contributed by atoms with Gasteiger partial charge < -0.3 is 4.90 Å². The summed E-state index contributed by atoms with van der Waals surface area (Å²) in [4.78, 5) is 14.3. The number of nitrogens with zero attached hydrogens (tertiary/aromatic N) is 1. The lowest BCUT2D eigenvalue weighted by Crippen LogP contribution is -2.33. The number of aryl methyl sites for hydroxylation is 1. The van der Waals surface area contributed by atoms with Crippen LogP contribution in [0.1, 0.15) is 44.6 Å². The Morgan fingerprint density at radius 1 is 1.26 bits per heavy atom. The van der Waals surface area contributed by atoms with Crippen LogP contribution in [0, 0.1) is 5.92 Å². The zero-order valence-corrected chi connectivity index (χ0v) is 12.0. The van der Waals surface area contributed by atoms with Crippen LogP contribution in [0.5, 0.6) is 0 Å². The molecular formula is C17H25NO. The van der Waals surface area contributed by atoms with Gasteiger partial charge in [0.05, 0.1) is 0 Å². The van der Waals surface area contributed by atoms with Gasteiger partial charge in [-0.25, -0.2) is 0 Å². The first-order chi connectivity index (χ1) is 9.29. The lowest BCUT2D eigenvalue weighted by atomic mass is 10.1. The molecule has 1 aliphatic rings. The molecule has 1 saturated carbocycles. The third kappa shape index (κ3) is 5.06. The average Bonchev–Trinajstić information content (AvgIpc) is 3.23. The van der Waals surface area contributed by atoms with Gasteiger partial charge in [0.15, 0.2) is 0 Å². The van der Waals surface area contributed by atoms with Crippen LogP contribution in [0.4, 0.5) is 0 Å². The first-order valence-electron chi connectivity index (χ1n) is 7.61. The summed E-state index contributed by atoms with van der Waals surface area (Å²) >= 11 is 0. The van der Waals surface area contributed by atoms with Gasteiger partial charge in [-0.2, -0.15) is 0 Å². The van der Waals surface area contributed by atoms with Gasteiger partial charge in [-0.3, -0.25) is 4.79 Å². The van der Waals surface area contributed by atoms with Crippen LogP contribution in [-0.4, -0.2) is 23.9 Å². The van der Waals surface area contributed by atoms with Crippen molar-refractivity contribution >= 4 is 5.91 Å². The molecule has 2 nitrogen and oxygen atoms in total. The fourth-order valence-corrected chi connectivity index (χ4v) is 2.45. The number of benzene rings is 1. The predicted molar refractivity (Wildman–Crippen MR) is 79.0 cm³/mol. The molecule has 1 aromatic carbocycles. The number of hydrogen-bond acceptors (Lipinski definition) is 1. The van der Waals surface area contributed by atoms with Gasteiger partial charge in [0.1, 0.15) is 0 Å². The molecule has 0 saturated heterocycles. The minimum Gasteiger partial charge on any atom is -0.342 e. The quantitative estimate of drug-likeness (QED) is 0.697. The van der Waals surface area contributed by atoms with Crippen molar-refractivity contribution in [3.05, 3.63) is 35.9 Å². The van der Waals surface area contributed by atoms with Crippen molar-refractivity contribution in [2.24, 2.45) is 5.92 Å². The third-order valence-corrected chi connectivity index (χ3v) is 3.72. The number of carbonyl (C=O) groups is 1. The standard InChI is InChI=1S/C17H25NO/c1-2-13-18(14-16-11-12-16)17(19)10-6-9-15-7-4-3-5-8-15/h3-5,7-8,16H,2,6,9-14H2,1H3. The van der Waals surface area contributed by atoms with E-state index in [0.717, 1.165) is 38.3 Å². The molecule has 1 aliphatic carbocycles. The molecule has 2 rings (SSSR count). The van der Waals surface area contributed by atoms with Crippen molar-refractivity contribution in [2.45, 2.75) is 45.4 Å². The molecule has 0 heterocycles. The Kier molecular flexibility index (Phi) is 5.44. The van der Waals surface area contributed by atoms with E-state index in [-0.39, 0.29) is 0 Å². The highest BCUT2D eigenvalue weighted by Gasteiger charge is 2.25. The maximum absolute atomic E-state index is 12.2. The van der Waals surface area contributed by atoms with Crippen molar-refractivity contribution in [1.82, 2.24) is 4.90 Å². The van der Waals surface area contributed by atoms with Crippen LogP contribution >= 0.6 is 0 Å². The molecule has 0 aromatic heterocycles. The smallest absolute Gasteiger partial charge is 0.222 e. The second-order valence-corrected chi connectivity index (χ2v) is 5.62. The van der Waals surface area contributed by atoms with Crippen molar-refractivity contribution < 1.29 is 4.79 Å². The van der Waals surface area contributed by atoms with Crippen molar-refractivity contribution in [2.75, 3.05) is 13.1 Å². The molecule has 1 amide bonds. The van der Waals surface area contributed by atoms with Gasteiger partial charge in [-0.1, -0.05) is 37.3 Å². The summed E-state index contributed by atoms with van der Waals surface area (Å²) in [7, 11) is 0. The Bertz CT molecular complexity index is 384. The molecule has 0 spiro atoms. The lowest BCUT2D eigenvalue weighted by Gasteiger charge is -2.22. The summed E-state index contributed by atoms with van der Waals surface area (Å²) in [5.41, 5.74) is 1.33. The monoisotopic (exact) mass is 259 g/mol. The topological polar surface area (TPSA) is 20.3 Å². The first-order valence-corrected chi connectivity index (χ1v) is 7.61. The number of amides is 1. The Balaban J connectivity index is 1.72. The normalized spacial score (nSPS) is 14.4. The van der Waals surface area contributed by atoms with Crippen LogP contribution in [-0.2, 0) is 11.2 Å². The van der Waals surface area contributed by atoms with E-state index >= 15 is 0 Å². The van der Waals surface area contributed by atoms with E-state index in [1.807, 2.05) is 6.07 Å². The summed E-state index contributed by atoms with van der Waals surface area (Å²) in [5, 5.41) is 0. The van der Waals surface area contributed by atoms with Gasteiger partial charge in [0, 0.05) is 19.5 Å². The molecule has 0 bridgehead atoms. The van der Waals surface area contributed by atoms with Gasteiger partial charge in [-0.15, -0.1) is 0 Å². The maximum atomic E-state index is 12.2. The highest BCUT2D eigenvalue weighted by Crippen LogP contribution is 2.30. The highest BCUT2D eigenvalue weighted by molar-refractivity contribution is 5.76. The van der Waals surface area contributed by atoms with Crippen LogP contribution < -0.4 is 0 Å².